The monoisotopic (exact) mass is 264 g/mol. The van der Waals surface area contributed by atoms with Gasteiger partial charge in [-0.2, -0.15) is 0 Å². The molecular formula is C10H11BrF2O. The summed E-state index contributed by atoms with van der Waals surface area (Å²) in [5.41, 5.74) is 0. The van der Waals surface area contributed by atoms with Gasteiger partial charge in [-0.1, -0.05) is 13.8 Å². The lowest BCUT2D eigenvalue weighted by Crippen LogP contribution is -2.07. The largest absolute Gasteiger partial charge is 0.487 e. The van der Waals surface area contributed by atoms with E-state index in [0.29, 0.717) is 6.61 Å². The van der Waals surface area contributed by atoms with Crippen LogP contribution in [-0.4, -0.2) is 6.61 Å². The van der Waals surface area contributed by atoms with Crippen LogP contribution in [0.15, 0.2) is 16.6 Å². The smallest absolute Gasteiger partial charge is 0.191 e. The van der Waals surface area contributed by atoms with Crippen molar-refractivity contribution in [1.82, 2.24) is 0 Å². The zero-order chi connectivity index (χ0) is 10.7. The molecule has 0 bridgehead atoms. The second kappa shape index (κ2) is 4.73. The number of halogens is 3. The van der Waals surface area contributed by atoms with Crippen molar-refractivity contribution < 1.29 is 13.5 Å². The second-order valence-corrected chi connectivity index (χ2v) is 4.23. The SMILES string of the molecule is CC(C)COc1c(F)ccc(Br)c1F. The first-order valence-corrected chi connectivity index (χ1v) is 5.08. The van der Waals surface area contributed by atoms with Crippen LogP contribution < -0.4 is 4.74 Å². The first kappa shape index (κ1) is 11.4. The molecule has 0 aliphatic rings. The normalized spacial score (nSPS) is 10.7. The molecule has 0 unspecified atom stereocenters. The summed E-state index contributed by atoms with van der Waals surface area (Å²) in [7, 11) is 0. The number of hydrogen-bond acceptors (Lipinski definition) is 1. The van der Waals surface area contributed by atoms with Crippen LogP contribution in [0.5, 0.6) is 5.75 Å². The summed E-state index contributed by atoms with van der Waals surface area (Å²) < 4.78 is 31.6. The maximum atomic E-state index is 13.3. The average Bonchev–Trinajstić information content (AvgIpc) is 2.11. The lowest BCUT2D eigenvalue weighted by Gasteiger charge is -2.10. The van der Waals surface area contributed by atoms with E-state index < -0.39 is 11.6 Å². The van der Waals surface area contributed by atoms with E-state index >= 15 is 0 Å². The van der Waals surface area contributed by atoms with Gasteiger partial charge < -0.3 is 4.74 Å². The molecule has 0 N–H and O–H groups in total. The van der Waals surface area contributed by atoms with Gasteiger partial charge in [0.25, 0.3) is 0 Å². The summed E-state index contributed by atoms with van der Waals surface area (Å²) in [6.45, 7) is 4.12. The van der Waals surface area contributed by atoms with E-state index in [2.05, 4.69) is 15.9 Å². The quantitative estimate of drug-likeness (QED) is 0.756. The molecule has 1 aromatic rings. The van der Waals surface area contributed by atoms with Crippen molar-refractivity contribution >= 4 is 15.9 Å². The number of rotatable bonds is 3. The highest BCUT2D eigenvalue weighted by Crippen LogP contribution is 2.28. The van der Waals surface area contributed by atoms with Gasteiger partial charge in [-0.05, 0) is 34.0 Å². The first-order chi connectivity index (χ1) is 6.52. The van der Waals surface area contributed by atoms with E-state index in [9.17, 15) is 8.78 Å². The van der Waals surface area contributed by atoms with Gasteiger partial charge in [-0.15, -0.1) is 0 Å². The third-order valence-electron chi connectivity index (χ3n) is 1.56. The Kier molecular flexibility index (Phi) is 3.86. The third-order valence-corrected chi connectivity index (χ3v) is 2.18. The molecule has 0 heterocycles. The van der Waals surface area contributed by atoms with Crippen LogP contribution in [0.25, 0.3) is 0 Å². The topological polar surface area (TPSA) is 9.23 Å². The van der Waals surface area contributed by atoms with Crippen molar-refractivity contribution in [1.29, 1.82) is 0 Å². The molecule has 4 heteroatoms. The van der Waals surface area contributed by atoms with Gasteiger partial charge in [-0.25, -0.2) is 8.78 Å². The van der Waals surface area contributed by atoms with Gasteiger partial charge in [0, 0.05) is 0 Å². The number of benzene rings is 1. The molecular weight excluding hydrogens is 254 g/mol. The minimum atomic E-state index is -0.689. The van der Waals surface area contributed by atoms with E-state index in [0.717, 1.165) is 0 Å². The summed E-state index contributed by atoms with van der Waals surface area (Å²) >= 11 is 2.97. The fourth-order valence-corrected chi connectivity index (χ4v) is 1.20. The molecule has 0 radical (unpaired) electrons. The van der Waals surface area contributed by atoms with Crippen LogP contribution in [0, 0.1) is 17.6 Å². The van der Waals surface area contributed by atoms with E-state index in [1.807, 2.05) is 13.8 Å². The Hall–Kier alpha value is -0.640. The predicted octanol–water partition coefficient (Wildman–Crippen LogP) is 3.76. The average molecular weight is 265 g/mol. The zero-order valence-electron chi connectivity index (χ0n) is 7.98. The molecule has 1 nitrogen and oxygen atoms in total. The molecule has 1 aromatic carbocycles. The fourth-order valence-electron chi connectivity index (χ4n) is 0.891. The highest BCUT2D eigenvalue weighted by atomic mass is 79.9. The highest BCUT2D eigenvalue weighted by Gasteiger charge is 2.13. The lowest BCUT2D eigenvalue weighted by molar-refractivity contribution is 0.246. The standard InChI is InChI=1S/C10H11BrF2O/c1-6(2)5-14-10-8(12)4-3-7(11)9(10)13/h3-4,6H,5H2,1-2H3. The van der Waals surface area contributed by atoms with Crippen molar-refractivity contribution in [3.63, 3.8) is 0 Å². The molecule has 0 saturated heterocycles. The summed E-state index contributed by atoms with van der Waals surface area (Å²) in [6.07, 6.45) is 0. The Labute approximate surface area is 90.2 Å². The molecule has 0 atom stereocenters. The van der Waals surface area contributed by atoms with Crippen molar-refractivity contribution in [3.8, 4) is 5.75 Å². The Morgan fingerprint density at radius 2 is 2.00 bits per heavy atom. The molecule has 0 aliphatic heterocycles. The van der Waals surface area contributed by atoms with Gasteiger partial charge in [0.05, 0.1) is 11.1 Å². The van der Waals surface area contributed by atoms with Crippen LogP contribution in [0.2, 0.25) is 0 Å². The van der Waals surface area contributed by atoms with Gasteiger partial charge in [0.15, 0.2) is 17.4 Å². The van der Waals surface area contributed by atoms with E-state index in [-0.39, 0.29) is 16.1 Å². The first-order valence-electron chi connectivity index (χ1n) is 4.28. The van der Waals surface area contributed by atoms with E-state index in [4.69, 9.17) is 4.74 Å². The highest BCUT2D eigenvalue weighted by molar-refractivity contribution is 9.10. The van der Waals surface area contributed by atoms with E-state index in [1.165, 1.54) is 12.1 Å². The lowest BCUT2D eigenvalue weighted by atomic mass is 10.2. The molecule has 0 amide bonds. The van der Waals surface area contributed by atoms with Gasteiger partial charge >= 0.3 is 0 Å². The second-order valence-electron chi connectivity index (χ2n) is 3.38. The van der Waals surface area contributed by atoms with Crippen LogP contribution in [0.1, 0.15) is 13.8 Å². The molecule has 14 heavy (non-hydrogen) atoms. The summed E-state index contributed by atoms with van der Waals surface area (Å²) in [5.74, 6) is -1.45. The molecule has 0 saturated carbocycles. The van der Waals surface area contributed by atoms with Crippen molar-refractivity contribution in [2.24, 2.45) is 5.92 Å². The predicted molar refractivity (Wildman–Crippen MR) is 54.4 cm³/mol. The van der Waals surface area contributed by atoms with Gasteiger partial charge in [0.1, 0.15) is 0 Å². The van der Waals surface area contributed by atoms with Gasteiger partial charge in [-0.3, -0.25) is 0 Å². The van der Waals surface area contributed by atoms with E-state index in [1.54, 1.807) is 0 Å². The van der Waals surface area contributed by atoms with Gasteiger partial charge in [0.2, 0.25) is 0 Å². The Morgan fingerprint density at radius 3 is 2.57 bits per heavy atom. The molecule has 78 valence electrons. The minimum Gasteiger partial charge on any atom is -0.487 e. The molecule has 0 aromatic heterocycles. The van der Waals surface area contributed by atoms with Crippen molar-refractivity contribution in [2.75, 3.05) is 6.61 Å². The van der Waals surface area contributed by atoms with Crippen molar-refractivity contribution in [2.45, 2.75) is 13.8 Å². The van der Waals surface area contributed by atoms with Crippen LogP contribution in [-0.2, 0) is 0 Å². The maximum absolute atomic E-state index is 13.3. The molecule has 0 aliphatic carbocycles. The summed E-state index contributed by atoms with van der Waals surface area (Å²) in [5, 5.41) is 0. The van der Waals surface area contributed by atoms with Crippen LogP contribution in [0.3, 0.4) is 0 Å². The Balaban J connectivity index is 2.89. The fraction of sp³-hybridized carbons (Fsp3) is 0.400. The molecule has 0 spiro atoms. The van der Waals surface area contributed by atoms with Crippen LogP contribution >= 0.6 is 15.9 Å². The Bertz CT molecular complexity index is 326. The van der Waals surface area contributed by atoms with Crippen molar-refractivity contribution in [3.05, 3.63) is 28.2 Å². The van der Waals surface area contributed by atoms with Crippen LogP contribution in [0.4, 0.5) is 8.78 Å². The zero-order valence-corrected chi connectivity index (χ0v) is 9.57. The number of ether oxygens (including phenoxy) is 1. The molecule has 0 fully saturated rings. The summed E-state index contributed by atoms with van der Waals surface area (Å²) in [6, 6.07) is 2.48. The third kappa shape index (κ3) is 2.67. The number of hydrogen-bond donors (Lipinski definition) is 0. The molecule has 1 rings (SSSR count). The minimum absolute atomic E-state index is 0.206. The summed E-state index contributed by atoms with van der Waals surface area (Å²) in [4.78, 5) is 0. The Morgan fingerprint density at radius 1 is 1.36 bits per heavy atom. The maximum Gasteiger partial charge on any atom is 0.191 e.